The molecule has 3 N–H and O–H groups in total. The molecule has 0 aliphatic heterocycles. The van der Waals surface area contributed by atoms with Gasteiger partial charge in [-0.2, -0.15) is 0 Å². The van der Waals surface area contributed by atoms with Gasteiger partial charge >= 0.3 is 0 Å². The summed E-state index contributed by atoms with van der Waals surface area (Å²) in [6.07, 6.45) is 2.61. The summed E-state index contributed by atoms with van der Waals surface area (Å²) < 4.78 is 6.44. The van der Waals surface area contributed by atoms with Gasteiger partial charge < -0.3 is 15.5 Å². The molecule has 0 amide bonds. The predicted octanol–water partition coefficient (Wildman–Crippen LogP) is 3.19. The molecular weight excluding hydrogens is 339 g/mol. The topological polar surface area (TPSA) is 51.2 Å². The molecule has 1 unspecified atom stereocenters. The Morgan fingerprint density at radius 2 is 2.22 bits per heavy atom. The van der Waals surface area contributed by atoms with E-state index in [0.29, 0.717) is 6.04 Å². The van der Waals surface area contributed by atoms with Gasteiger partial charge in [0, 0.05) is 28.3 Å². The molecule has 1 heterocycles. The van der Waals surface area contributed by atoms with Crippen LogP contribution in [0.15, 0.2) is 41.0 Å². The number of nitrogens with one attached hydrogen (secondary N) is 1. The lowest BCUT2D eigenvalue weighted by Crippen LogP contribution is -2.27. The van der Waals surface area contributed by atoms with Crippen molar-refractivity contribution in [3.05, 3.63) is 51.5 Å². The van der Waals surface area contributed by atoms with Crippen LogP contribution in [0.2, 0.25) is 0 Å². The fraction of sp³-hybridized carbons (Fsp3) is 0.286. The Balaban J connectivity index is 1.85. The lowest BCUT2D eigenvalue weighted by Gasteiger charge is -2.13. The van der Waals surface area contributed by atoms with E-state index in [1.807, 2.05) is 18.2 Å². The van der Waals surface area contributed by atoms with Crippen LogP contribution in [0, 0.1) is 3.57 Å². The minimum Gasteiger partial charge on any atom is -0.469 e. The van der Waals surface area contributed by atoms with Crippen LogP contribution in [-0.4, -0.2) is 6.04 Å². The third-order valence-electron chi connectivity index (χ3n) is 2.81. The van der Waals surface area contributed by atoms with Gasteiger partial charge in [0.1, 0.15) is 5.76 Å². The van der Waals surface area contributed by atoms with Gasteiger partial charge in [0.25, 0.3) is 0 Å². The van der Waals surface area contributed by atoms with Gasteiger partial charge in [-0.25, -0.2) is 0 Å². The summed E-state index contributed by atoms with van der Waals surface area (Å²) in [4.78, 5) is 0. The predicted molar refractivity (Wildman–Crippen MR) is 82.3 cm³/mol. The zero-order valence-electron chi connectivity index (χ0n) is 10.3. The molecule has 2 aromatic rings. The Hall–Kier alpha value is -1.01. The highest BCUT2D eigenvalue weighted by Crippen LogP contribution is 2.16. The number of benzene rings is 1. The van der Waals surface area contributed by atoms with Gasteiger partial charge in [-0.1, -0.05) is 6.07 Å². The molecule has 1 aromatic carbocycles. The van der Waals surface area contributed by atoms with Gasteiger partial charge in [0.05, 0.1) is 6.26 Å². The van der Waals surface area contributed by atoms with Crippen LogP contribution in [0.3, 0.4) is 0 Å². The first kappa shape index (κ1) is 13.4. The molecule has 18 heavy (non-hydrogen) atoms. The second-order valence-electron chi connectivity index (χ2n) is 4.42. The van der Waals surface area contributed by atoms with E-state index in [0.717, 1.165) is 28.0 Å². The maximum Gasteiger partial charge on any atom is 0.105 e. The zero-order valence-corrected chi connectivity index (χ0v) is 12.5. The molecule has 0 bridgehead atoms. The zero-order chi connectivity index (χ0) is 13.0. The van der Waals surface area contributed by atoms with Gasteiger partial charge in [0.2, 0.25) is 0 Å². The van der Waals surface area contributed by atoms with Gasteiger partial charge in [-0.3, -0.25) is 0 Å². The molecule has 0 radical (unpaired) electrons. The SMILES string of the molecule is CC(Cc1ccco1)NCc1ccc(N)c(I)c1. The second-order valence-corrected chi connectivity index (χ2v) is 5.58. The van der Waals surface area contributed by atoms with Crippen LogP contribution in [0.1, 0.15) is 18.2 Å². The maximum absolute atomic E-state index is 5.79. The molecule has 0 aliphatic carbocycles. The van der Waals surface area contributed by atoms with Crippen LogP contribution in [0.5, 0.6) is 0 Å². The first-order valence-electron chi connectivity index (χ1n) is 5.95. The van der Waals surface area contributed by atoms with Gasteiger partial charge in [0.15, 0.2) is 0 Å². The van der Waals surface area contributed by atoms with Gasteiger partial charge in [-0.15, -0.1) is 0 Å². The molecule has 3 nitrogen and oxygen atoms in total. The van der Waals surface area contributed by atoms with E-state index in [9.17, 15) is 0 Å². The van der Waals surface area contributed by atoms with E-state index in [-0.39, 0.29) is 0 Å². The highest BCUT2D eigenvalue weighted by Gasteiger charge is 2.05. The largest absolute Gasteiger partial charge is 0.469 e. The molecular formula is C14H17IN2O. The summed E-state index contributed by atoms with van der Waals surface area (Å²) in [5.74, 6) is 1.02. The number of furan rings is 1. The average Bonchev–Trinajstić information content (AvgIpc) is 2.83. The number of hydrogen-bond acceptors (Lipinski definition) is 3. The van der Waals surface area contributed by atoms with E-state index >= 15 is 0 Å². The van der Waals surface area contributed by atoms with Crippen molar-refractivity contribution in [1.82, 2.24) is 5.32 Å². The van der Waals surface area contributed by atoms with E-state index in [2.05, 4.69) is 47.0 Å². The average molecular weight is 356 g/mol. The molecule has 1 aromatic heterocycles. The van der Waals surface area contributed by atoms with Crippen molar-refractivity contribution in [3.63, 3.8) is 0 Å². The third kappa shape index (κ3) is 3.74. The summed E-state index contributed by atoms with van der Waals surface area (Å²) in [7, 11) is 0. The number of nitrogens with two attached hydrogens (primary N) is 1. The molecule has 2 rings (SSSR count). The molecule has 1 atom stereocenters. The summed E-state index contributed by atoms with van der Waals surface area (Å²) in [6.45, 7) is 3.00. The van der Waals surface area contributed by atoms with Crippen molar-refractivity contribution in [2.75, 3.05) is 5.73 Å². The second kappa shape index (κ2) is 6.24. The van der Waals surface area contributed by atoms with Crippen molar-refractivity contribution < 1.29 is 4.42 Å². The third-order valence-corrected chi connectivity index (χ3v) is 3.74. The van der Waals surface area contributed by atoms with E-state index < -0.39 is 0 Å². The van der Waals surface area contributed by atoms with Crippen LogP contribution in [-0.2, 0) is 13.0 Å². The van der Waals surface area contributed by atoms with Crippen LogP contribution < -0.4 is 11.1 Å². The fourth-order valence-corrected chi connectivity index (χ4v) is 2.36. The Bertz CT molecular complexity index is 497. The maximum atomic E-state index is 5.79. The highest BCUT2D eigenvalue weighted by atomic mass is 127. The molecule has 4 heteroatoms. The summed E-state index contributed by atoms with van der Waals surface area (Å²) in [6, 6.07) is 10.4. The Kier molecular flexibility index (Phi) is 4.66. The van der Waals surface area contributed by atoms with Crippen molar-refractivity contribution in [1.29, 1.82) is 0 Å². The van der Waals surface area contributed by atoms with E-state index in [1.165, 1.54) is 5.56 Å². The molecule has 0 fully saturated rings. The monoisotopic (exact) mass is 356 g/mol. The van der Waals surface area contributed by atoms with E-state index in [1.54, 1.807) is 6.26 Å². The smallest absolute Gasteiger partial charge is 0.105 e. The fourth-order valence-electron chi connectivity index (χ4n) is 1.78. The molecule has 0 saturated carbocycles. The van der Waals surface area contributed by atoms with Crippen molar-refractivity contribution in [2.24, 2.45) is 0 Å². The van der Waals surface area contributed by atoms with E-state index in [4.69, 9.17) is 10.2 Å². The molecule has 96 valence electrons. The molecule has 0 saturated heterocycles. The number of rotatable bonds is 5. The van der Waals surface area contributed by atoms with Crippen LogP contribution >= 0.6 is 22.6 Å². The Labute approximate surface area is 121 Å². The number of hydrogen-bond donors (Lipinski definition) is 2. The number of anilines is 1. The first-order chi connectivity index (χ1) is 8.65. The Morgan fingerprint density at radius 3 is 2.89 bits per heavy atom. The Morgan fingerprint density at radius 1 is 1.39 bits per heavy atom. The summed E-state index contributed by atoms with van der Waals surface area (Å²) in [5.41, 5.74) is 7.88. The summed E-state index contributed by atoms with van der Waals surface area (Å²) >= 11 is 2.26. The van der Waals surface area contributed by atoms with Crippen molar-refractivity contribution in [3.8, 4) is 0 Å². The lowest BCUT2D eigenvalue weighted by atomic mass is 10.1. The van der Waals surface area contributed by atoms with Crippen molar-refractivity contribution in [2.45, 2.75) is 25.9 Å². The summed E-state index contributed by atoms with van der Waals surface area (Å²) in [5, 5.41) is 3.48. The minimum atomic E-state index is 0.381. The molecule has 0 spiro atoms. The minimum absolute atomic E-state index is 0.381. The first-order valence-corrected chi connectivity index (χ1v) is 7.02. The lowest BCUT2D eigenvalue weighted by molar-refractivity contribution is 0.456. The molecule has 0 aliphatic rings. The normalized spacial score (nSPS) is 12.6. The van der Waals surface area contributed by atoms with Gasteiger partial charge in [-0.05, 0) is 59.3 Å². The quantitative estimate of drug-likeness (QED) is 0.639. The standard InChI is InChI=1S/C14H17IN2O/c1-10(7-12-3-2-6-18-12)17-9-11-4-5-14(16)13(15)8-11/h2-6,8,10,17H,7,9,16H2,1H3. The van der Waals surface area contributed by atoms with Crippen molar-refractivity contribution >= 4 is 28.3 Å². The number of nitrogen functional groups attached to an aromatic ring is 1. The number of halogens is 1. The van der Waals surface area contributed by atoms with Crippen LogP contribution in [0.4, 0.5) is 5.69 Å². The van der Waals surface area contributed by atoms with Crippen LogP contribution in [0.25, 0.3) is 0 Å². The highest BCUT2D eigenvalue weighted by molar-refractivity contribution is 14.1.